The van der Waals surface area contributed by atoms with E-state index >= 15 is 0 Å². The maximum Gasteiger partial charge on any atom is 0.291 e. The lowest BCUT2D eigenvalue weighted by molar-refractivity contribution is 0.0996. The summed E-state index contributed by atoms with van der Waals surface area (Å²) in [7, 11) is 3.84. The van der Waals surface area contributed by atoms with Gasteiger partial charge in [-0.2, -0.15) is 0 Å². The minimum atomic E-state index is -0.231. The number of benzene rings is 1. The van der Waals surface area contributed by atoms with Gasteiger partial charge in [-0.05, 0) is 49.9 Å². The van der Waals surface area contributed by atoms with E-state index in [1.165, 1.54) is 6.26 Å². The molecule has 0 bridgehead atoms. The first-order valence-corrected chi connectivity index (χ1v) is 10.9. The molecule has 4 rings (SSSR count). The molecule has 0 aliphatic carbocycles. The number of aryl methyl sites for hydroxylation is 1. The highest BCUT2D eigenvalue weighted by Crippen LogP contribution is 2.40. The number of anilines is 1. The van der Waals surface area contributed by atoms with Crippen LogP contribution in [-0.2, 0) is 0 Å². The lowest BCUT2D eigenvalue weighted by atomic mass is 9.97. The Morgan fingerprint density at radius 1 is 1.17 bits per heavy atom. The first-order valence-electron chi connectivity index (χ1n) is 10.1. The second kappa shape index (κ2) is 9.04. The summed E-state index contributed by atoms with van der Waals surface area (Å²) in [5.74, 6) is 0.912. The average Bonchev–Trinajstić information content (AvgIpc) is 3.40. The van der Waals surface area contributed by atoms with E-state index in [0.29, 0.717) is 5.76 Å². The van der Waals surface area contributed by atoms with Crippen molar-refractivity contribution < 1.29 is 13.9 Å². The van der Waals surface area contributed by atoms with Gasteiger partial charge in [0.25, 0.3) is 5.91 Å². The minimum Gasteiger partial charge on any atom is -0.497 e. The first-order chi connectivity index (χ1) is 14.5. The fraction of sp³-hybridized carbons (Fsp3) is 0.348. The summed E-state index contributed by atoms with van der Waals surface area (Å²) in [6, 6.07) is 13.8. The van der Waals surface area contributed by atoms with Gasteiger partial charge in [-0.1, -0.05) is 12.1 Å². The molecule has 3 heterocycles. The molecule has 6 nitrogen and oxygen atoms in total. The van der Waals surface area contributed by atoms with Crippen LogP contribution in [0.2, 0.25) is 0 Å². The Morgan fingerprint density at radius 3 is 2.67 bits per heavy atom. The molecule has 1 aliphatic rings. The van der Waals surface area contributed by atoms with Crippen LogP contribution in [0.25, 0.3) is 0 Å². The fourth-order valence-corrected chi connectivity index (χ4v) is 4.83. The van der Waals surface area contributed by atoms with Gasteiger partial charge in [0.05, 0.1) is 19.4 Å². The zero-order valence-electron chi connectivity index (χ0n) is 17.6. The summed E-state index contributed by atoms with van der Waals surface area (Å²) in [5.41, 5.74) is 2.26. The number of nitrogens with one attached hydrogen (secondary N) is 1. The Bertz CT molecular complexity index is 991. The number of rotatable bonds is 6. The van der Waals surface area contributed by atoms with Crippen LogP contribution in [0, 0.1) is 6.92 Å². The van der Waals surface area contributed by atoms with Crippen molar-refractivity contribution in [2.75, 3.05) is 45.7 Å². The monoisotopic (exact) mass is 425 g/mol. The number of carbonyl (C=O) groups excluding carboxylic acids is 1. The highest BCUT2D eigenvalue weighted by Gasteiger charge is 2.29. The van der Waals surface area contributed by atoms with Crippen LogP contribution >= 0.6 is 11.3 Å². The van der Waals surface area contributed by atoms with E-state index in [-0.39, 0.29) is 11.9 Å². The lowest BCUT2D eigenvalue weighted by Crippen LogP contribution is -2.46. The molecule has 1 aliphatic heterocycles. The van der Waals surface area contributed by atoms with Crippen LogP contribution in [0.1, 0.15) is 32.6 Å². The molecule has 1 amide bonds. The van der Waals surface area contributed by atoms with Gasteiger partial charge in [-0.25, -0.2) is 0 Å². The van der Waals surface area contributed by atoms with E-state index in [1.54, 1.807) is 30.6 Å². The molecule has 1 aromatic carbocycles. The van der Waals surface area contributed by atoms with Crippen molar-refractivity contribution in [3.63, 3.8) is 0 Å². The van der Waals surface area contributed by atoms with Crippen LogP contribution in [0.15, 0.2) is 53.1 Å². The summed E-state index contributed by atoms with van der Waals surface area (Å²) < 4.78 is 10.8. The van der Waals surface area contributed by atoms with Crippen LogP contribution < -0.4 is 10.1 Å². The predicted octanol–water partition coefficient (Wildman–Crippen LogP) is 4.25. The molecule has 3 aromatic rings. The highest BCUT2D eigenvalue weighted by atomic mass is 32.1. The number of amides is 1. The van der Waals surface area contributed by atoms with Crippen molar-refractivity contribution in [1.29, 1.82) is 0 Å². The lowest BCUT2D eigenvalue weighted by Gasteiger charge is -2.38. The van der Waals surface area contributed by atoms with Crippen molar-refractivity contribution in [1.82, 2.24) is 9.80 Å². The first kappa shape index (κ1) is 20.7. The number of hydrogen-bond acceptors (Lipinski definition) is 6. The molecule has 1 saturated heterocycles. The molecular weight excluding hydrogens is 398 g/mol. The van der Waals surface area contributed by atoms with Crippen LogP contribution in [0.5, 0.6) is 5.75 Å². The Hall–Kier alpha value is -2.61. The second-order valence-electron chi connectivity index (χ2n) is 7.59. The maximum absolute atomic E-state index is 12.7. The minimum absolute atomic E-state index is 0.0330. The largest absolute Gasteiger partial charge is 0.497 e. The standard InChI is InChI=1S/C23H27N3O3S/c1-16-14-19(23(30-16)24-22(27)20-8-5-13-29-20)21(26-11-9-25(2)10-12-26)17-6-4-7-18(15-17)28-3/h4-8,13-15,21H,9-12H2,1-3H3,(H,24,27). The summed E-state index contributed by atoms with van der Waals surface area (Å²) >= 11 is 1.60. The van der Waals surface area contributed by atoms with Gasteiger partial charge in [-0.3, -0.25) is 9.69 Å². The molecule has 1 N–H and O–H groups in total. The number of likely N-dealkylation sites (N-methyl/N-ethyl adjacent to an activating group) is 1. The molecule has 30 heavy (non-hydrogen) atoms. The number of hydrogen-bond donors (Lipinski definition) is 1. The summed E-state index contributed by atoms with van der Waals surface area (Å²) in [5, 5.41) is 3.94. The normalized spacial score (nSPS) is 16.4. The molecule has 158 valence electrons. The molecule has 0 spiro atoms. The molecular formula is C23H27N3O3S. The molecule has 1 fully saturated rings. The van der Waals surface area contributed by atoms with Gasteiger partial charge in [0.15, 0.2) is 5.76 Å². The van der Waals surface area contributed by atoms with Crippen molar-refractivity contribution in [3.8, 4) is 5.75 Å². The number of methoxy groups -OCH3 is 1. The maximum atomic E-state index is 12.7. The topological polar surface area (TPSA) is 58.0 Å². The predicted molar refractivity (Wildman–Crippen MR) is 120 cm³/mol. The van der Waals surface area contributed by atoms with Gasteiger partial charge >= 0.3 is 0 Å². The third kappa shape index (κ3) is 4.43. The van der Waals surface area contributed by atoms with E-state index in [9.17, 15) is 4.79 Å². The van der Waals surface area contributed by atoms with Crippen LogP contribution in [0.4, 0.5) is 5.00 Å². The van der Waals surface area contributed by atoms with Gasteiger partial charge in [-0.15, -0.1) is 11.3 Å². The quantitative estimate of drug-likeness (QED) is 0.640. The van der Waals surface area contributed by atoms with Crippen LogP contribution in [-0.4, -0.2) is 56.0 Å². The van der Waals surface area contributed by atoms with E-state index < -0.39 is 0 Å². The van der Waals surface area contributed by atoms with Gasteiger partial charge in [0.1, 0.15) is 10.8 Å². The Balaban J connectivity index is 1.72. The number of furan rings is 1. The number of thiophene rings is 1. The van der Waals surface area contributed by atoms with Gasteiger partial charge in [0, 0.05) is 36.6 Å². The molecule has 1 unspecified atom stereocenters. The number of carbonyl (C=O) groups is 1. The zero-order chi connectivity index (χ0) is 21.1. The number of piperazine rings is 1. The van der Waals surface area contributed by atoms with Gasteiger partial charge < -0.3 is 19.4 Å². The van der Waals surface area contributed by atoms with Crippen molar-refractivity contribution in [2.45, 2.75) is 13.0 Å². The fourth-order valence-electron chi connectivity index (χ4n) is 3.89. The highest BCUT2D eigenvalue weighted by molar-refractivity contribution is 7.16. The SMILES string of the molecule is COc1cccc(C(c2cc(C)sc2NC(=O)c2ccco2)N2CCN(C)CC2)c1. The molecule has 2 aromatic heterocycles. The Labute approximate surface area is 181 Å². The number of nitrogens with zero attached hydrogens (tertiary/aromatic N) is 2. The molecule has 0 saturated carbocycles. The van der Waals surface area contributed by atoms with E-state index in [0.717, 1.165) is 52.9 Å². The van der Waals surface area contributed by atoms with E-state index in [1.807, 2.05) is 12.1 Å². The Morgan fingerprint density at radius 2 is 1.97 bits per heavy atom. The molecule has 1 atom stereocenters. The second-order valence-corrected chi connectivity index (χ2v) is 8.85. The number of ether oxygens (including phenoxy) is 1. The van der Waals surface area contributed by atoms with E-state index in [2.05, 4.69) is 47.3 Å². The van der Waals surface area contributed by atoms with Crippen molar-refractivity contribution in [3.05, 3.63) is 70.5 Å². The third-order valence-corrected chi connectivity index (χ3v) is 6.44. The average molecular weight is 426 g/mol. The summed E-state index contributed by atoms with van der Waals surface area (Å²) in [4.78, 5) is 18.7. The van der Waals surface area contributed by atoms with E-state index in [4.69, 9.17) is 9.15 Å². The summed E-state index contributed by atoms with van der Waals surface area (Å²) in [6.45, 7) is 6.01. The molecule has 7 heteroatoms. The van der Waals surface area contributed by atoms with Crippen LogP contribution in [0.3, 0.4) is 0 Å². The third-order valence-electron chi connectivity index (χ3n) is 5.46. The smallest absolute Gasteiger partial charge is 0.291 e. The van der Waals surface area contributed by atoms with Crippen molar-refractivity contribution >= 4 is 22.2 Å². The summed E-state index contributed by atoms with van der Waals surface area (Å²) in [6.07, 6.45) is 1.51. The molecule has 0 radical (unpaired) electrons. The van der Waals surface area contributed by atoms with Gasteiger partial charge in [0.2, 0.25) is 0 Å². The zero-order valence-corrected chi connectivity index (χ0v) is 18.4. The van der Waals surface area contributed by atoms with Crippen molar-refractivity contribution in [2.24, 2.45) is 0 Å². The Kier molecular flexibility index (Phi) is 6.22.